The molecule has 1 aromatic rings. The van der Waals surface area contributed by atoms with Crippen molar-refractivity contribution in [3.05, 3.63) is 29.8 Å². The van der Waals surface area contributed by atoms with Crippen LogP contribution in [0.2, 0.25) is 0 Å². The Kier molecular flexibility index (Phi) is 8.98. The van der Waals surface area contributed by atoms with Crippen LogP contribution in [0.4, 0.5) is 5.69 Å². The van der Waals surface area contributed by atoms with E-state index in [0.717, 1.165) is 44.5 Å². The van der Waals surface area contributed by atoms with Crippen LogP contribution < -0.4 is 11.1 Å². The predicted molar refractivity (Wildman–Crippen MR) is 106 cm³/mol. The summed E-state index contributed by atoms with van der Waals surface area (Å²) in [6.07, 6.45) is 11.5. The van der Waals surface area contributed by atoms with Crippen LogP contribution >= 0.6 is 0 Å². The van der Waals surface area contributed by atoms with Gasteiger partial charge in [-0.3, -0.25) is 9.69 Å². The number of amides is 1. The first-order valence-electron chi connectivity index (χ1n) is 9.98. The van der Waals surface area contributed by atoms with Crippen LogP contribution in [-0.4, -0.2) is 30.4 Å². The molecule has 140 valence electrons. The molecule has 0 bridgehead atoms. The average molecular weight is 346 g/mol. The van der Waals surface area contributed by atoms with E-state index in [9.17, 15) is 4.79 Å². The van der Waals surface area contributed by atoms with Gasteiger partial charge in [0.25, 0.3) is 0 Å². The molecular formula is C21H35N3O. The number of nitrogens with zero attached hydrogens (tertiary/aromatic N) is 1. The number of para-hydroxylation sites is 1. The third-order valence-corrected chi connectivity index (χ3v) is 5.27. The molecule has 4 nitrogen and oxygen atoms in total. The van der Waals surface area contributed by atoms with Gasteiger partial charge in [0, 0.05) is 24.7 Å². The summed E-state index contributed by atoms with van der Waals surface area (Å²) < 4.78 is 0. The van der Waals surface area contributed by atoms with Gasteiger partial charge < -0.3 is 11.1 Å². The molecule has 1 aromatic carbocycles. The van der Waals surface area contributed by atoms with Crippen molar-refractivity contribution in [3.8, 4) is 0 Å². The zero-order chi connectivity index (χ0) is 17.9. The average Bonchev–Trinajstić information content (AvgIpc) is 2.64. The summed E-state index contributed by atoms with van der Waals surface area (Å²) in [6.45, 7) is 1.64. The number of anilines is 1. The third kappa shape index (κ3) is 7.17. The van der Waals surface area contributed by atoms with Gasteiger partial charge in [0.1, 0.15) is 0 Å². The molecule has 0 aliphatic heterocycles. The Balaban J connectivity index is 1.83. The highest BCUT2D eigenvalue weighted by molar-refractivity contribution is 5.91. The summed E-state index contributed by atoms with van der Waals surface area (Å²) in [5, 5.41) is 3.12. The van der Waals surface area contributed by atoms with E-state index < -0.39 is 0 Å². The Morgan fingerprint density at radius 3 is 2.60 bits per heavy atom. The molecule has 2 rings (SSSR count). The number of hydrogen-bond acceptors (Lipinski definition) is 3. The second-order valence-electron chi connectivity index (χ2n) is 7.37. The van der Waals surface area contributed by atoms with Gasteiger partial charge in [0.15, 0.2) is 0 Å². The summed E-state index contributed by atoms with van der Waals surface area (Å²) in [5.41, 5.74) is 7.68. The van der Waals surface area contributed by atoms with Crippen LogP contribution in [0, 0.1) is 0 Å². The first-order chi connectivity index (χ1) is 12.2. The number of nitrogens with two attached hydrogens (primary N) is 1. The van der Waals surface area contributed by atoms with Crippen molar-refractivity contribution >= 4 is 11.6 Å². The van der Waals surface area contributed by atoms with E-state index in [1.54, 1.807) is 0 Å². The standard InChI is InChI=1S/C21H35N3O/c1-24(19-12-5-4-6-13-19)17-18-11-8-9-14-20(18)23-21(25)15-7-2-3-10-16-22/h8-9,11,14,19H,2-7,10,12-13,15-17,22H2,1H3,(H,23,25). The quantitative estimate of drug-likeness (QED) is 0.622. The lowest BCUT2D eigenvalue weighted by Gasteiger charge is -2.31. The van der Waals surface area contributed by atoms with Gasteiger partial charge in [0.2, 0.25) is 5.91 Å². The summed E-state index contributed by atoms with van der Waals surface area (Å²) in [5.74, 6) is 0.125. The van der Waals surface area contributed by atoms with E-state index in [1.807, 2.05) is 12.1 Å². The molecule has 0 heterocycles. The Labute approximate surface area is 153 Å². The lowest BCUT2D eigenvalue weighted by atomic mass is 9.94. The number of hydrogen-bond donors (Lipinski definition) is 2. The highest BCUT2D eigenvalue weighted by Crippen LogP contribution is 2.25. The largest absolute Gasteiger partial charge is 0.330 e. The molecule has 1 aliphatic rings. The van der Waals surface area contributed by atoms with Crippen LogP contribution in [0.3, 0.4) is 0 Å². The fourth-order valence-electron chi connectivity index (χ4n) is 3.70. The van der Waals surface area contributed by atoms with Crippen molar-refractivity contribution < 1.29 is 4.79 Å². The first kappa shape index (κ1) is 19.9. The van der Waals surface area contributed by atoms with Gasteiger partial charge in [-0.1, -0.05) is 50.3 Å². The molecule has 1 amide bonds. The van der Waals surface area contributed by atoms with E-state index >= 15 is 0 Å². The smallest absolute Gasteiger partial charge is 0.224 e. The molecule has 0 saturated heterocycles. The van der Waals surface area contributed by atoms with E-state index in [0.29, 0.717) is 12.5 Å². The van der Waals surface area contributed by atoms with Crippen molar-refractivity contribution in [1.29, 1.82) is 0 Å². The van der Waals surface area contributed by atoms with Gasteiger partial charge in [0.05, 0.1) is 0 Å². The topological polar surface area (TPSA) is 58.4 Å². The Bertz CT molecular complexity index is 512. The van der Waals surface area contributed by atoms with Crippen LogP contribution in [-0.2, 0) is 11.3 Å². The zero-order valence-electron chi connectivity index (χ0n) is 15.8. The minimum Gasteiger partial charge on any atom is -0.330 e. The number of unbranched alkanes of at least 4 members (excludes halogenated alkanes) is 3. The molecule has 25 heavy (non-hydrogen) atoms. The van der Waals surface area contributed by atoms with Crippen LogP contribution in [0.15, 0.2) is 24.3 Å². The lowest BCUT2D eigenvalue weighted by Crippen LogP contribution is -2.33. The minimum absolute atomic E-state index is 0.125. The van der Waals surface area contributed by atoms with Crippen LogP contribution in [0.1, 0.15) is 69.8 Å². The molecule has 3 N–H and O–H groups in total. The molecule has 4 heteroatoms. The summed E-state index contributed by atoms with van der Waals surface area (Å²) in [4.78, 5) is 14.7. The predicted octanol–water partition coefficient (Wildman–Crippen LogP) is 4.30. The molecule has 1 fully saturated rings. The molecule has 0 aromatic heterocycles. The Hall–Kier alpha value is -1.39. The molecule has 0 spiro atoms. The van der Waals surface area contributed by atoms with Gasteiger partial charge in [-0.2, -0.15) is 0 Å². The third-order valence-electron chi connectivity index (χ3n) is 5.27. The molecule has 0 atom stereocenters. The normalized spacial score (nSPS) is 15.5. The summed E-state index contributed by atoms with van der Waals surface area (Å²) >= 11 is 0. The maximum atomic E-state index is 12.2. The second kappa shape index (κ2) is 11.3. The molecule has 1 saturated carbocycles. The number of carbonyl (C=O) groups excluding carboxylic acids is 1. The minimum atomic E-state index is 0.125. The number of benzene rings is 1. The Morgan fingerprint density at radius 1 is 1.12 bits per heavy atom. The van der Waals surface area contributed by atoms with Crippen molar-refractivity contribution in [2.75, 3.05) is 18.9 Å². The van der Waals surface area contributed by atoms with Gasteiger partial charge >= 0.3 is 0 Å². The fraction of sp³-hybridized carbons (Fsp3) is 0.667. The molecule has 0 radical (unpaired) electrons. The van der Waals surface area contributed by atoms with Gasteiger partial charge in [-0.25, -0.2) is 0 Å². The van der Waals surface area contributed by atoms with Crippen LogP contribution in [0.25, 0.3) is 0 Å². The zero-order valence-corrected chi connectivity index (χ0v) is 15.8. The number of nitrogens with one attached hydrogen (secondary N) is 1. The van der Waals surface area contributed by atoms with E-state index in [-0.39, 0.29) is 5.91 Å². The van der Waals surface area contributed by atoms with E-state index in [4.69, 9.17) is 5.73 Å². The van der Waals surface area contributed by atoms with E-state index in [1.165, 1.54) is 37.7 Å². The van der Waals surface area contributed by atoms with Gasteiger partial charge in [-0.15, -0.1) is 0 Å². The first-order valence-corrected chi connectivity index (χ1v) is 9.98. The second-order valence-corrected chi connectivity index (χ2v) is 7.37. The monoisotopic (exact) mass is 345 g/mol. The lowest BCUT2D eigenvalue weighted by molar-refractivity contribution is -0.116. The number of rotatable bonds is 10. The molecule has 1 aliphatic carbocycles. The van der Waals surface area contributed by atoms with Crippen molar-refractivity contribution in [1.82, 2.24) is 4.90 Å². The maximum absolute atomic E-state index is 12.2. The maximum Gasteiger partial charge on any atom is 0.224 e. The van der Waals surface area contributed by atoms with E-state index in [2.05, 4.69) is 29.4 Å². The van der Waals surface area contributed by atoms with Crippen LogP contribution in [0.5, 0.6) is 0 Å². The summed E-state index contributed by atoms with van der Waals surface area (Å²) in [6, 6.07) is 8.90. The van der Waals surface area contributed by atoms with Gasteiger partial charge in [-0.05, 0) is 50.9 Å². The Morgan fingerprint density at radius 2 is 1.84 bits per heavy atom. The highest BCUT2D eigenvalue weighted by atomic mass is 16.1. The fourth-order valence-corrected chi connectivity index (χ4v) is 3.70. The molecular weight excluding hydrogens is 310 g/mol. The van der Waals surface area contributed by atoms with Crippen molar-refractivity contribution in [3.63, 3.8) is 0 Å². The number of carbonyl (C=O) groups is 1. The van der Waals surface area contributed by atoms with Crippen molar-refractivity contribution in [2.24, 2.45) is 5.73 Å². The van der Waals surface area contributed by atoms with Crippen molar-refractivity contribution in [2.45, 2.75) is 76.8 Å². The molecule has 0 unspecified atom stereocenters. The SMILES string of the molecule is CN(Cc1ccccc1NC(=O)CCCCCCN)C1CCCCC1. The summed E-state index contributed by atoms with van der Waals surface area (Å²) in [7, 11) is 2.21. The highest BCUT2D eigenvalue weighted by Gasteiger charge is 2.19.